The largest absolute Gasteiger partial charge is 0.466 e. The number of hydrogen-bond acceptors (Lipinski definition) is 2. The molecule has 0 saturated carbocycles. The molecule has 0 rings (SSSR count). The minimum Gasteiger partial charge on any atom is -0.466 e. The van der Waals surface area contributed by atoms with Gasteiger partial charge in [-0.25, -0.2) is 0 Å². The summed E-state index contributed by atoms with van der Waals surface area (Å²) in [5.74, 6) is -0.316. The fraction of sp³-hybridized carbons (Fsp3) is 0.625. The van der Waals surface area contributed by atoms with E-state index in [1.165, 1.54) is 6.92 Å². The Hall–Kier alpha value is -0.790. The number of rotatable bonds is 4. The summed E-state index contributed by atoms with van der Waals surface area (Å²) in [6.07, 6.45) is 3.91. The van der Waals surface area contributed by atoms with Crippen LogP contribution in [0.1, 0.15) is 30.7 Å². The predicted octanol–water partition coefficient (Wildman–Crippen LogP) is 1.91. The van der Waals surface area contributed by atoms with Crippen molar-refractivity contribution in [3.05, 3.63) is 12.2 Å². The van der Waals surface area contributed by atoms with Crippen LogP contribution in [0.2, 0.25) is 0 Å². The standard InChI is InChI=1S/C8H14O2/c1-3-4-5-6-7-10-8(2)9/h4-5H,3,6-7H2,1-2H3/b5-4+/i1D3. The first-order valence-corrected chi connectivity index (χ1v) is 3.20. The smallest absolute Gasteiger partial charge is 0.302 e. The molecule has 0 heterocycles. The van der Waals surface area contributed by atoms with Gasteiger partial charge in [-0.2, -0.15) is 0 Å². The Morgan fingerprint density at radius 2 is 2.50 bits per heavy atom. The Morgan fingerprint density at radius 3 is 3.10 bits per heavy atom. The van der Waals surface area contributed by atoms with Gasteiger partial charge in [-0.1, -0.05) is 19.0 Å². The molecule has 0 radical (unpaired) electrons. The van der Waals surface area contributed by atoms with Gasteiger partial charge in [0.2, 0.25) is 0 Å². The van der Waals surface area contributed by atoms with Crippen molar-refractivity contribution in [3.63, 3.8) is 0 Å². The van der Waals surface area contributed by atoms with Crippen LogP contribution in [0, 0.1) is 0 Å². The molecule has 0 aliphatic heterocycles. The molecule has 0 fully saturated rings. The van der Waals surface area contributed by atoms with E-state index in [4.69, 9.17) is 4.11 Å². The second-order valence-electron chi connectivity index (χ2n) is 1.80. The lowest BCUT2D eigenvalue weighted by molar-refractivity contribution is -0.140. The quantitative estimate of drug-likeness (QED) is 0.343. The van der Waals surface area contributed by atoms with E-state index in [2.05, 4.69) is 4.74 Å². The molecule has 0 aliphatic carbocycles. The monoisotopic (exact) mass is 145 g/mol. The summed E-state index contributed by atoms with van der Waals surface area (Å²) in [4.78, 5) is 10.3. The normalized spacial score (nSPS) is 15.9. The first kappa shape index (κ1) is 4.94. The average molecular weight is 145 g/mol. The maximum Gasteiger partial charge on any atom is 0.302 e. The molecular formula is C8H14O2. The van der Waals surface area contributed by atoms with Crippen LogP contribution in [0.25, 0.3) is 0 Å². The Balaban J connectivity index is 3.38. The highest BCUT2D eigenvalue weighted by Crippen LogP contribution is 1.87. The van der Waals surface area contributed by atoms with E-state index in [0.717, 1.165) is 0 Å². The van der Waals surface area contributed by atoms with Crippen molar-refractivity contribution in [1.29, 1.82) is 0 Å². The molecule has 0 spiro atoms. The SMILES string of the molecule is [2H]C([2H])([2H])C/C=C/CCOC(C)=O. The topological polar surface area (TPSA) is 26.3 Å². The van der Waals surface area contributed by atoms with Crippen LogP contribution in [0.3, 0.4) is 0 Å². The zero-order valence-electron chi connectivity index (χ0n) is 9.09. The number of hydrogen-bond donors (Lipinski definition) is 0. The van der Waals surface area contributed by atoms with Gasteiger partial charge < -0.3 is 4.74 Å². The molecule has 0 aromatic rings. The van der Waals surface area contributed by atoms with E-state index in [1.54, 1.807) is 12.2 Å². The fourth-order valence-corrected chi connectivity index (χ4v) is 0.472. The van der Waals surface area contributed by atoms with Crippen LogP contribution in [-0.2, 0) is 9.53 Å². The van der Waals surface area contributed by atoms with E-state index >= 15 is 0 Å². The van der Waals surface area contributed by atoms with Gasteiger partial charge in [0.05, 0.1) is 6.61 Å². The van der Waals surface area contributed by atoms with Crippen molar-refractivity contribution in [2.24, 2.45) is 0 Å². The molecule has 2 heteroatoms. The van der Waals surface area contributed by atoms with Crippen LogP contribution in [0.5, 0.6) is 0 Å². The van der Waals surface area contributed by atoms with E-state index in [-0.39, 0.29) is 12.4 Å². The maximum absolute atomic E-state index is 10.3. The highest BCUT2D eigenvalue weighted by atomic mass is 16.5. The molecule has 0 saturated heterocycles. The third-order valence-electron chi connectivity index (χ3n) is 0.874. The van der Waals surface area contributed by atoms with Crippen LogP contribution in [-0.4, -0.2) is 12.6 Å². The highest BCUT2D eigenvalue weighted by Gasteiger charge is 1.87. The lowest BCUT2D eigenvalue weighted by Gasteiger charge is -1.95. The summed E-state index contributed by atoms with van der Waals surface area (Å²) in [7, 11) is 0. The van der Waals surface area contributed by atoms with Crippen molar-refractivity contribution in [1.82, 2.24) is 0 Å². The zero-order valence-corrected chi connectivity index (χ0v) is 6.09. The molecule has 0 aromatic heterocycles. The van der Waals surface area contributed by atoms with E-state index < -0.39 is 6.85 Å². The summed E-state index contributed by atoms with van der Waals surface area (Å²) >= 11 is 0. The van der Waals surface area contributed by atoms with Crippen molar-refractivity contribution in [2.75, 3.05) is 6.61 Å². The molecule has 0 aromatic carbocycles. The lowest BCUT2D eigenvalue weighted by atomic mass is 10.3. The van der Waals surface area contributed by atoms with Crippen molar-refractivity contribution < 1.29 is 13.6 Å². The van der Waals surface area contributed by atoms with Crippen LogP contribution < -0.4 is 0 Å². The molecule has 10 heavy (non-hydrogen) atoms. The number of carbonyl (C=O) groups excluding carboxylic acids is 1. The van der Waals surface area contributed by atoms with Gasteiger partial charge in [-0.3, -0.25) is 4.79 Å². The van der Waals surface area contributed by atoms with Gasteiger partial charge in [0.25, 0.3) is 0 Å². The molecule has 0 unspecified atom stereocenters. The van der Waals surface area contributed by atoms with Gasteiger partial charge in [0, 0.05) is 11.0 Å². The summed E-state index contributed by atoms with van der Waals surface area (Å²) < 4.78 is 25.3. The second-order valence-corrected chi connectivity index (χ2v) is 1.80. The molecule has 0 amide bonds. The Labute approximate surface area is 66.1 Å². The maximum atomic E-state index is 10.3. The summed E-state index contributed by atoms with van der Waals surface area (Å²) in [6, 6.07) is 0. The van der Waals surface area contributed by atoms with Crippen LogP contribution in [0.15, 0.2) is 12.2 Å². The van der Waals surface area contributed by atoms with Gasteiger partial charge in [-0.05, 0) is 12.8 Å². The van der Waals surface area contributed by atoms with Crippen molar-refractivity contribution >= 4 is 5.97 Å². The Morgan fingerprint density at radius 1 is 1.70 bits per heavy atom. The van der Waals surface area contributed by atoms with Crippen LogP contribution >= 0.6 is 0 Å². The van der Waals surface area contributed by atoms with E-state index in [9.17, 15) is 4.79 Å². The highest BCUT2D eigenvalue weighted by molar-refractivity contribution is 5.65. The third kappa shape index (κ3) is 7.21. The number of allylic oxidation sites excluding steroid dienone is 1. The van der Waals surface area contributed by atoms with Crippen molar-refractivity contribution in [3.8, 4) is 0 Å². The third-order valence-corrected chi connectivity index (χ3v) is 0.874. The summed E-state index contributed by atoms with van der Waals surface area (Å²) in [6.45, 7) is -0.253. The van der Waals surface area contributed by atoms with Gasteiger partial charge >= 0.3 is 5.97 Å². The Kier molecular flexibility index (Phi) is 3.13. The predicted molar refractivity (Wildman–Crippen MR) is 40.7 cm³/mol. The summed E-state index contributed by atoms with van der Waals surface area (Å²) in [5, 5.41) is 0. The molecule has 0 aliphatic rings. The van der Waals surface area contributed by atoms with Crippen molar-refractivity contribution in [2.45, 2.75) is 26.6 Å². The summed E-state index contributed by atoms with van der Waals surface area (Å²) in [5.41, 5.74) is 0. The number of esters is 1. The first-order valence-electron chi connectivity index (χ1n) is 4.70. The van der Waals surface area contributed by atoms with Gasteiger partial charge in [0.15, 0.2) is 0 Å². The Bertz CT molecular complexity index is 184. The number of carbonyl (C=O) groups is 1. The van der Waals surface area contributed by atoms with E-state index in [0.29, 0.717) is 13.0 Å². The van der Waals surface area contributed by atoms with Gasteiger partial charge in [-0.15, -0.1) is 0 Å². The lowest BCUT2D eigenvalue weighted by Crippen LogP contribution is -1.98. The zero-order chi connectivity index (χ0) is 10.3. The minimum absolute atomic E-state index is 0.0626. The molecule has 2 nitrogen and oxygen atoms in total. The molecule has 0 N–H and O–H groups in total. The minimum atomic E-state index is -1.90. The first-order chi connectivity index (χ1) is 5.92. The van der Waals surface area contributed by atoms with E-state index in [1.807, 2.05) is 0 Å². The van der Waals surface area contributed by atoms with Gasteiger partial charge in [0.1, 0.15) is 0 Å². The molecule has 58 valence electrons. The average Bonchev–Trinajstić information content (AvgIpc) is 1.93. The molecule has 0 atom stereocenters. The number of ether oxygens (including phenoxy) is 1. The molecule has 0 bridgehead atoms. The van der Waals surface area contributed by atoms with Crippen LogP contribution in [0.4, 0.5) is 0 Å². The fourth-order valence-electron chi connectivity index (χ4n) is 0.472. The second kappa shape index (κ2) is 6.33. The molecular weight excluding hydrogens is 128 g/mol.